The SMILES string of the molecule is C#CCC(C#C)CCNC(=O)OC(C)(C)C. The third-order valence-electron chi connectivity index (χ3n) is 1.76. The number of rotatable bonds is 4. The Labute approximate surface area is 97.9 Å². The Balaban J connectivity index is 3.79. The molecular formula is C13H19NO2. The Hall–Kier alpha value is -1.61. The van der Waals surface area contributed by atoms with Crippen molar-refractivity contribution >= 4 is 6.09 Å². The highest BCUT2D eigenvalue weighted by Crippen LogP contribution is 2.07. The van der Waals surface area contributed by atoms with E-state index in [0.29, 0.717) is 19.4 Å². The van der Waals surface area contributed by atoms with E-state index in [1.54, 1.807) is 0 Å². The highest BCUT2D eigenvalue weighted by atomic mass is 16.6. The first-order chi connectivity index (χ1) is 7.39. The van der Waals surface area contributed by atoms with Crippen molar-refractivity contribution in [3.8, 4) is 24.7 Å². The summed E-state index contributed by atoms with van der Waals surface area (Å²) in [4.78, 5) is 11.3. The molecule has 1 unspecified atom stereocenters. The van der Waals surface area contributed by atoms with Gasteiger partial charge >= 0.3 is 6.09 Å². The van der Waals surface area contributed by atoms with Gasteiger partial charge in [-0.3, -0.25) is 0 Å². The topological polar surface area (TPSA) is 38.3 Å². The van der Waals surface area contributed by atoms with Crippen LogP contribution in [0.25, 0.3) is 0 Å². The van der Waals surface area contributed by atoms with Gasteiger partial charge in [0.1, 0.15) is 5.60 Å². The summed E-state index contributed by atoms with van der Waals surface area (Å²) < 4.78 is 5.07. The molecule has 0 fully saturated rings. The first-order valence-electron chi connectivity index (χ1n) is 5.25. The van der Waals surface area contributed by atoms with Crippen molar-refractivity contribution in [2.45, 2.75) is 39.2 Å². The quantitative estimate of drug-likeness (QED) is 0.739. The number of carbonyl (C=O) groups excluding carboxylic acids is 1. The van der Waals surface area contributed by atoms with Crippen LogP contribution < -0.4 is 5.32 Å². The van der Waals surface area contributed by atoms with Crippen LogP contribution in [0.2, 0.25) is 0 Å². The Morgan fingerprint density at radius 1 is 1.44 bits per heavy atom. The average molecular weight is 221 g/mol. The zero-order valence-corrected chi connectivity index (χ0v) is 10.2. The number of terminal acetylenes is 2. The molecule has 88 valence electrons. The van der Waals surface area contributed by atoms with E-state index < -0.39 is 11.7 Å². The lowest BCUT2D eigenvalue weighted by atomic mass is 10.0. The number of hydrogen-bond acceptors (Lipinski definition) is 2. The van der Waals surface area contributed by atoms with Gasteiger partial charge in [0.05, 0.1) is 0 Å². The molecule has 1 atom stereocenters. The van der Waals surface area contributed by atoms with Crippen molar-refractivity contribution in [1.29, 1.82) is 0 Å². The molecule has 16 heavy (non-hydrogen) atoms. The maximum atomic E-state index is 11.3. The molecule has 0 aromatic rings. The van der Waals surface area contributed by atoms with Gasteiger partial charge in [0.15, 0.2) is 0 Å². The second-order valence-corrected chi connectivity index (χ2v) is 4.49. The van der Waals surface area contributed by atoms with Crippen molar-refractivity contribution in [2.75, 3.05) is 6.54 Å². The van der Waals surface area contributed by atoms with Crippen LogP contribution in [0.4, 0.5) is 4.79 Å². The van der Waals surface area contributed by atoms with Crippen LogP contribution in [-0.2, 0) is 4.74 Å². The van der Waals surface area contributed by atoms with Crippen molar-refractivity contribution < 1.29 is 9.53 Å². The Kier molecular flexibility index (Phi) is 6.11. The predicted molar refractivity (Wildman–Crippen MR) is 64.6 cm³/mol. The predicted octanol–water partition coefficient (Wildman–Crippen LogP) is 2.17. The summed E-state index contributed by atoms with van der Waals surface area (Å²) in [6.07, 6.45) is 11.2. The van der Waals surface area contributed by atoms with Crippen molar-refractivity contribution in [1.82, 2.24) is 5.32 Å². The molecule has 0 aliphatic heterocycles. The molecular weight excluding hydrogens is 202 g/mol. The van der Waals surface area contributed by atoms with E-state index in [-0.39, 0.29) is 5.92 Å². The number of hydrogen-bond donors (Lipinski definition) is 1. The summed E-state index contributed by atoms with van der Waals surface area (Å²) in [7, 11) is 0. The summed E-state index contributed by atoms with van der Waals surface area (Å²) in [6, 6.07) is 0. The molecule has 0 saturated heterocycles. The number of carbonyl (C=O) groups is 1. The third-order valence-corrected chi connectivity index (χ3v) is 1.76. The molecule has 0 aromatic heterocycles. The molecule has 0 aliphatic rings. The van der Waals surface area contributed by atoms with Crippen LogP contribution in [0.1, 0.15) is 33.6 Å². The lowest BCUT2D eigenvalue weighted by Gasteiger charge is -2.19. The number of amides is 1. The van der Waals surface area contributed by atoms with Gasteiger partial charge in [-0.2, -0.15) is 0 Å². The van der Waals surface area contributed by atoms with Gasteiger partial charge in [0.25, 0.3) is 0 Å². The fourth-order valence-corrected chi connectivity index (χ4v) is 1.05. The highest BCUT2D eigenvalue weighted by Gasteiger charge is 2.15. The van der Waals surface area contributed by atoms with Crippen LogP contribution in [0, 0.1) is 30.6 Å². The van der Waals surface area contributed by atoms with E-state index in [2.05, 4.69) is 17.2 Å². The minimum absolute atomic E-state index is 0.0138. The second kappa shape index (κ2) is 6.80. The van der Waals surface area contributed by atoms with E-state index >= 15 is 0 Å². The minimum atomic E-state index is -0.478. The highest BCUT2D eigenvalue weighted by molar-refractivity contribution is 5.67. The molecule has 0 heterocycles. The van der Waals surface area contributed by atoms with Gasteiger partial charge in [0, 0.05) is 18.9 Å². The first-order valence-corrected chi connectivity index (χ1v) is 5.25. The smallest absolute Gasteiger partial charge is 0.407 e. The molecule has 0 aliphatic carbocycles. The fourth-order valence-electron chi connectivity index (χ4n) is 1.05. The van der Waals surface area contributed by atoms with E-state index in [4.69, 9.17) is 17.6 Å². The maximum absolute atomic E-state index is 11.3. The number of alkyl carbamates (subject to hydrolysis) is 1. The summed E-state index contributed by atoms with van der Waals surface area (Å²) in [5.41, 5.74) is -0.478. The normalized spacial score (nSPS) is 12.1. The molecule has 1 N–H and O–H groups in total. The monoisotopic (exact) mass is 221 g/mol. The van der Waals surface area contributed by atoms with Crippen LogP contribution in [0.15, 0.2) is 0 Å². The van der Waals surface area contributed by atoms with Crippen LogP contribution in [0.5, 0.6) is 0 Å². The van der Waals surface area contributed by atoms with Crippen LogP contribution >= 0.6 is 0 Å². The first kappa shape index (κ1) is 14.4. The van der Waals surface area contributed by atoms with Gasteiger partial charge in [-0.05, 0) is 27.2 Å². The van der Waals surface area contributed by atoms with Crippen molar-refractivity contribution in [3.63, 3.8) is 0 Å². The molecule has 0 radical (unpaired) electrons. The van der Waals surface area contributed by atoms with E-state index in [0.717, 1.165) is 0 Å². The largest absolute Gasteiger partial charge is 0.444 e. The van der Waals surface area contributed by atoms with E-state index in [1.165, 1.54) is 0 Å². The summed E-state index contributed by atoms with van der Waals surface area (Å²) in [5.74, 6) is 5.11. The second-order valence-electron chi connectivity index (χ2n) is 4.49. The summed E-state index contributed by atoms with van der Waals surface area (Å²) in [5, 5.41) is 2.64. The number of ether oxygens (including phenoxy) is 1. The minimum Gasteiger partial charge on any atom is -0.444 e. The fraction of sp³-hybridized carbons (Fsp3) is 0.615. The molecule has 0 aromatic carbocycles. The molecule has 0 saturated carbocycles. The van der Waals surface area contributed by atoms with Gasteiger partial charge < -0.3 is 10.1 Å². The van der Waals surface area contributed by atoms with Crippen molar-refractivity contribution in [3.05, 3.63) is 0 Å². The summed E-state index contributed by atoms with van der Waals surface area (Å²) in [6.45, 7) is 5.92. The lowest BCUT2D eigenvalue weighted by molar-refractivity contribution is 0.0526. The third kappa shape index (κ3) is 7.76. The van der Waals surface area contributed by atoms with E-state index in [9.17, 15) is 4.79 Å². The molecule has 1 amide bonds. The zero-order valence-electron chi connectivity index (χ0n) is 10.2. The zero-order chi connectivity index (χ0) is 12.6. The van der Waals surface area contributed by atoms with E-state index in [1.807, 2.05) is 20.8 Å². The maximum Gasteiger partial charge on any atom is 0.407 e. The van der Waals surface area contributed by atoms with Crippen molar-refractivity contribution in [2.24, 2.45) is 5.92 Å². The lowest BCUT2D eigenvalue weighted by Crippen LogP contribution is -2.33. The molecule has 3 heteroatoms. The van der Waals surface area contributed by atoms with Crippen LogP contribution in [-0.4, -0.2) is 18.2 Å². The Morgan fingerprint density at radius 2 is 2.06 bits per heavy atom. The average Bonchev–Trinajstić information content (AvgIpc) is 2.13. The van der Waals surface area contributed by atoms with Crippen LogP contribution in [0.3, 0.4) is 0 Å². The van der Waals surface area contributed by atoms with Gasteiger partial charge in [-0.1, -0.05) is 0 Å². The molecule has 0 spiro atoms. The van der Waals surface area contributed by atoms with Gasteiger partial charge in [-0.25, -0.2) is 4.79 Å². The molecule has 3 nitrogen and oxygen atoms in total. The Bertz CT molecular complexity index is 301. The Morgan fingerprint density at radius 3 is 2.50 bits per heavy atom. The molecule has 0 rings (SSSR count). The number of nitrogens with one attached hydrogen (secondary N) is 1. The van der Waals surface area contributed by atoms with Gasteiger partial charge in [-0.15, -0.1) is 24.7 Å². The van der Waals surface area contributed by atoms with Gasteiger partial charge in [0.2, 0.25) is 0 Å². The molecule has 0 bridgehead atoms. The summed E-state index contributed by atoms with van der Waals surface area (Å²) >= 11 is 0. The standard InChI is InChI=1S/C13H19NO2/c1-6-8-11(7-2)9-10-14-12(15)16-13(3,4)5/h1-2,11H,8-10H2,3-5H3,(H,14,15).